The van der Waals surface area contributed by atoms with Gasteiger partial charge < -0.3 is 36.8 Å². The van der Waals surface area contributed by atoms with Crippen LogP contribution in [0.1, 0.15) is 100 Å². The molecule has 7 N–H and O–H groups in total. The molecule has 2 heterocycles. The lowest BCUT2D eigenvalue weighted by molar-refractivity contribution is -0.142. The number of carboxylic acid groups (broad SMARTS) is 1. The van der Waals surface area contributed by atoms with Crippen molar-refractivity contribution in [2.75, 3.05) is 13.1 Å². The van der Waals surface area contributed by atoms with E-state index >= 15 is 0 Å². The number of ketones is 1. The van der Waals surface area contributed by atoms with E-state index in [0.717, 1.165) is 42.9 Å². The highest BCUT2D eigenvalue weighted by atomic mass is 16.4. The van der Waals surface area contributed by atoms with Gasteiger partial charge in [-0.1, -0.05) is 73.7 Å². The third-order valence-electron chi connectivity index (χ3n) is 10.4. The summed E-state index contributed by atoms with van der Waals surface area (Å²) < 4.78 is 1.49. The predicted molar refractivity (Wildman–Crippen MR) is 197 cm³/mol. The lowest BCUT2D eigenvalue weighted by Crippen LogP contribution is -2.56. The van der Waals surface area contributed by atoms with E-state index in [1.165, 1.54) is 15.8 Å². The van der Waals surface area contributed by atoms with E-state index in [1.54, 1.807) is 26.0 Å². The lowest BCUT2D eigenvalue weighted by atomic mass is 9.84. The number of aliphatic hydroxyl groups is 1. The number of primary amides is 1. The summed E-state index contributed by atoms with van der Waals surface area (Å²) in [5.41, 5.74) is 4.75. The number of unbranched alkanes of at least 4 members (excludes halogenated alkanes) is 1. The van der Waals surface area contributed by atoms with Crippen LogP contribution in [0.2, 0.25) is 0 Å². The molecule has 1 aliphatic carbocycles. The first kappa shape index (κ1) is 39.8. The number of amides is 5. The molecule has 2 aliphatic rings. The number of rotatable bonds is 16. The number of carbonyl (C=O) groups is 6. The minimum Gasteiger partial charge on any atom is -0.465 e. The molecule has 1 aliphatic heterocycles. The van der Waals surface area contributed by atoms with Crippen LogP contribution < -0.4 is 21.7 Å². The monoisotopic (exact) mass is 746 g/mol. The molecule has 1 unspecified atom stereocenters. The summed E-state index contributed by atoms with van der Waals surface area (Å²) in [6.45, 7) is 3.21. The van der Waals surface area contributed by atoms with Gasteiger partial charge in [-0.3, -0.25) is 24.0 Å². The van der Waals surface area contributed by atoms with E-state index in [-0.39, 0.29) is 38.3 Å². The van der Waals surface area contributed by atoms with Gasteiger partial charge >= 0.3 is 6.09 Å². The Kier molecular flexibility index (Phi) is 13.0. The molecule has 2 fully saturated rings. The topological polar surface area (TPSA) is 239 Å². The molecule has 1 aromatic heterocycles. The third-order valence-corrected chi connectivity index (χ3v) is 10.4. The van der Waals surface area contributed by atoms with E-state index in [0.29, 0.717) is 24.1 Å². The van der Waals surface area contributed by atoms with E-state index in [2.05, 4.69) is 26.3 Å². The highest BCUT2D eigenvalue weighted by Gasteiger charge is 2.45. The van der Waals surface area contributed by atoms with Gasteiger partial charge in [0.15, 0.2) is 0 Å². The van der Waals surface area contributed by atoms with Crippen molar-refractivity contribution in [2.45, 2.75) is 108 Å². The summed E-state index contributed by atoms with van der Waals surface area (Å²) in [7, 11) is 0. The van der Waals surface area contributed by atoms with Crippen LogP contribution in [0.3, 0.4) is 0 Å². The zero-order chi connectivity index (χ0) is 39.0. The van der Waals surface area contributed by atoms with Gasteiger partial charge in [-0.05, 0) is 62.3 Å². The first-order chi connectivity index (χ1) is 25.7. The molecule has 4 atom stereocenters. The second kappa shape index (κ2) is 17.6. The molecule has 0 spiro atoms. The Morgan fingerprint density at radius 3 is 2.39 bits per heavy atom. The molecular weight excluding hydrogens is 696 g/mol. The number of Topliss-reactive ketones (excluding diaryl/α,β-unsaturated/α-hetero) is 1. The summed E-state index contributed by atoms with van der Waals surface area (Å²) in [5.74, 6) is -3.74. The number of fused-ring (bicyclic) bond motifs is 1. The first-order valence-corrected chi connectivity index (χ1v) is 18.6. The van der Waals surface area contributed by atoms with Crippen molar-refractivity contribution in [2.24, 2.45) is 11.7 Å². The Morgan fingerprint density at radius 1 is 0.963 bits per heavy atom. The van der Waals surface area contributed by atoms with Crippen molar-refractivity contribution >= 4 is 46.3 Å². The molecule has 1 saturated carbocycles. The van der Waals surface area contributed by atoms with Crippen LogP contribution in [0, 0.1) is 5.92 Å². The molecule has 5 rings (SSSR count). The quantitative estimate of drug-likeness (QED) is 0.0925. The normalized spacial score (nSPS) is 18.8. The van der Waals surface area contributed by atoms with Gasteiger partial charge in [0.05, 0.1) is 24.0 Å². The van der Waals surface area contributed by atoms with E-state index in [4.69, 9.17) is 10.8 Å². The summed E-state index contributed by atoms with van der Waals surface area (Å²) in [6, 6.07) is 8.76. The van der Waals surface area contributed by atoms with Crippen LogP contribution >= 0.6 is 0 Å². The number of likely N-dealkylation sites (tertiary alicyclic amines) is 1. The number of carbonyl (C=O) groups excluding carboxylic acids is 5. The van der Waals surface area contributed by atoms with E-state index in [1.807, 2.05) is 30.3 Å². The van der Waals surface area contributed by atoms with Crippen molar-refractivity contribution in [3.8, 4) is 0 Å². The minimum atomic E-state index is -1.36. The second-order valence-electron chi connectivity index (χ2n) is 14.8. The number of hydrogen-bond acceptors (Lipinski definition) is 9. The molecule has 1 saturated heterocycles. The molecular formula is C38H50N8O8. The largest absolute Gasteiger partial charge is 0.465 e. The first-order valence-electron chi connectivity index (χ1n) is 18.6. The third kappa shape index (κ3) is 9.78. The van der Waals surface area contributed by atoms with Crippen molar-refractivity contribution in [1.82, 2.24) is 35.8 Å². The molecule has 16 nitrogen and oxygen atoms in total. The maximum atomic E-state index is 14.8. The number of nitrogens with zero attached hydrogens (tertiary/aromatic N) is 4. The van der Waals surface area contributed by atoms with Gasteiger partial charge in [-0.15, -0.1) is 5.10 Å². The Bertz CT molecular complexity index is 1840. The molecule has 16 heteroatoms. The van der Waals surface area contributed by atoms with Gasteiger partial charge in [0.1, 0.15) is 17.7 Å². The molecule has 3 aromatic rings. The van der Waals surface area contributed by atoms with Crippen LogP contribution in [0.4, 0.5) is 4.79 Å². The molecule has 5 amide bonds. The van der Waals surface area contributed by atoms with Crippen LogP contribution in [-0.2, 0) is 24.8 Å². The summed E-state index contributed by atoms with van der Waals surface area (Å²) in [6.07, 6.45) is 6.09. The molecule has 0 radical (unpaired) electrons. The summed E-state index contributed by atoms with van der Waals surface area (Å²) >= 11 is 0. The maximum Gasteiger partial charge on any atom is 0.404 e. The Morgan fingerprint density at radius 2 is 1.69 bits per heavy atom. The zero-order valence-electron chi connectivity index (χ0n) is 30.7. The van der Waals surface area contributed by atoms with Crippen LogP contribution in [0.15, 0.2) is 48.7 Å². The van der Waals surface area contributed by atoms with Crippen LogP contribution in [0.5, 0.6) is 0 Å². The number of hydrogen-bond donors (Lipinski definition) is 6. The smallest absolute Gasteiger partial charge is 0.404 e. The maximum absolute atomic E-state index is 14.8. The van der Waals surface area contributed by atoms with Crippen LogP contribution in [-0.4, -0.2) is 96.8 Å². The fourth-order valence-electron chi connectivity index (χ4n) is 7.65. The molecule has 0 bridgehead atoms. The van der Waals surface area contributed by atoms with E-state index in [9.17, 15) is 33.9 Å². The van der Waals surface area contributed by atoms with Gasteiger partial charge in [0.2, 0.25) is 17.6 Å². The van der Waals surface area contributed by atoms with Gasteiger partial charge in [-0.2, -0.15) is 0 Å². The van der Waals surface area contributed by atoms with Crippen molar-refractivity contribution in [1.29, 1.82) is 0 Å². The Labute approximate surface area is 313 Å². The number of aromatic nitrogens is 3. The number of nitrogens with one attached hydrogen (secondary N) is 3. The molecule has 290 valence electrons. The zero-order valence-corrected chi connectivity index (χ0v) is 30.7. The lowest BCUT2D eigenvalue weighted by Gasteiger charge is -2.32. The Hall–Kier alpha value is -5.38. The summed E-state index contributed by atoms with van der Waals surface area (Å²) in [5, 5.41) is 37.4. The second-order valence-corrected chi connectivity index (χ2v) is 14.8. The highest BCUT2D eigenvalue weighted by Crippen LogP contribution is 2.34. The average Bonchev–Trinajstić information content (AvgIpc) is 3.82. The minimum absolute atomic E-state index is 0.00374. The number of benzene rings is 2. The molecule has 2 aromatic carbocycles. The summed E-state index contributed by atoms with van der Waals surface area (Å²) in [4.78, 5) is 80.1. The predicted octanol–water partition coefficient (Wildman–Crippen LogP) is 2.55. The Balaban J connectivity index is 1.45. The van der Waals surface area contributed by atoms with Gasteiger partial charge in [-0.25, -0.2) is 9.48 Å². The van der Waals surface area contributed by atoms with Crippen molar-refractivity contribution in [3.63, 3.8) is 0 Å². The van der Waals surface area contributed by atoms with Crippen molar-refractivity contribution < 1.29 is 39.0 Å². The van der Waals surface area contributed by atoms with Gasteiger partial charge in [0, 0.05) is 25.1 Å². The fourth-order valence-corrected chi connectivity index (χ4v) is 7.65. The highest BCUT2D eigenvalue weighted by molar-refractivity contribution is 6.37. The number of nitrogens with two attached hydrogens (primary N) is 1. The molecule has 54 heavy (non-hydrogen) atoms. The van der Waals surface area contributed by atoms with Gasteiger partial charge in [0.25, 0.3) is 11.8 Å². The fraction of sp³-hybridized carbons (Fsp3) is 0.526. The SMILES string of the molecule is CC(C)(O)c1cnnn1[C@H]1C[C@@H](C(=O)NC(CCCCNC(=O)O)C(=O)C(N)=O)N(C(=O)[C@@H](CC2CCCCC2)NC(=O)c2cccc3ccccc23)C1. The standard InChI is InChI=1S/C38H50N8O8/c1-38(2,54)31-21-41-44-46(31)25-20-30(35(50)42-28(32(47)33(39)48)17-8-9-18-40-37(52)53)45(22-25)36(51)29(19-23-11-4-3-5-12-23)43-34(49)27-16-10-14-24-13-6-7-15-26(24)27/h6-7,10,13-16,21,23,25,28-30,40,54H,3-5,8-9,11-12,17-20,22H2,1-2H3,(H2,39,48)(H,42,50)(H,43,49)(H,52,53)/t25-,28?,29+,30-/m0/s1. The average molecular weight is 747 g/mol. The van der Waals surface area contributed by atoms with Crippen molar-refractivity contribution in [3.05, 3.63) is 59.9 Å². The van der Waals surface area contributed by atoms with Crippen LogP contribution in [0.25, 0.3) is 10.8 Å². The van der Waals surface area contributed by atoms with E-state index < -0.39 is 65.3 Å².